The molecule has 2 amide bonds. The second kappa shape index (κ2) is 31.0. The van der Waals surface area contributed by atoms with E-state index in [1.165, 1.54) is 24.3 Å². The normalized spacial score (nSPS) is 13.0. The van der Waals surface area contributed by atoms with Gasteiger partial charge in [0, 0.05) is 65.8 Å². The molecule has 18 heteroatoms. The molecule has 0 aliphatic heterocycles. The second-order valence-electron chi connectivity index (χ2n) is 21.0. The van der Waals surface area contributed by atoms with E-state index in [4.69, 9.17) is 5.73 Å². The second-order valence-corrected chi connectivity index (χ2v) is 21.0. The van der Waals surface area contributed by atoms with E-state index in [9.17, 15) is 58.6 Å². The van der Waals surface area contributed by atoms with Gasteiger partial charge < -0.3 is 65.7 Å². The summed E-state index contributed by atoms with van der Waals surface area (Å²) in [7, 11) is 0. The van der Waals surface area contributed by atoms with Crippen molar-refractivity contribution < 1.29 is 58.6 Å². The van der Waals surface area contributed by atoms with Crippen LogP contribution in [0, 0.1) is 11.6 Å². The Bertz CT molecular complexity index is 3440. The first-order valence-electron chi connectivity index (χ1n) is 27.5. The Morgan fingerprint density at radius 2 is 0.845 bits per heavy atom. The minimum Gasteiger partial charge on any atom is -0.550 e. The molecule has 5 atom stereocenters. The molecule has 434 valence electrons. The Hall–Kier alpha value is -7.32. The Morgan fingerprint density at radius 3 is 1.18 bits per heavy atom. The molecule has 0 aliphatic carbocycles. The molecule has 0 aliphatic rings. The summed E-state index contributed by atoms with van der Waals surface area (Å²) in [6.45, 7) is 8.37. The third-order valence-corrected chi connectivity index (χ3v) is 14.1. The van der Waals surface area contributed by atoms with E-state index in [-0.39, 0.29) is 100 Å². The van der Waals surface area contributed by atoms with Gasteiger partial charge in [0.25, 0.3) is 11.8 Å². The largest absolute Gasteiger partial charge is 2.00 e. The number of amides is 2. The SMILES string of the molecule is CC(C)c1c(C(=O)Nc2ccccc2)c(-c2ccccc2)c(-c2ccc(F)cc2)n1CC[C@@H](O)C[C@@H](O)C(N)C(=O)[O-].CC(C)c1c(C(=O)Nc2ccccc2)c(-c2ccccc2)c(-c2ccc(F)cc2)n1CC[C@@H](O)C[C@@H](O)CC(=O)[O-].[Ca+2]. The molecule has 84 heavy (non-hydrogen) atoms. The number of carbonyl (C=O) groups excluding carboxylic acids is 4. The number of aromatic nitrogens is 2. The zero-order chi connectivity index (χ0) is 59.9. The van der Waals surface area contributed by atoms with Crippen molar-refractivity contribution in [3.05, 3.63) is 204 Å². The van der Waals surface area contributed by atoms with Crippen molar-refractivity contribution in [2.75, 3.05) is 10.6 Å². The maximum atomic E-state index is 14.1. The van der Waals surface area contributed by atoms with Crippen molar-refractivity contribution in [1.82, 2.24) is 9.13 Å². The van der Waals surface area contributed by atoms with Crippen LogP contribution in [-0.2, 0) is 22.7 Å². The van der Waals surface area contributed by atoms with Crippen LogP contribution < -0.4 is 26.6 Å². The predicted molar refractivity (Wildman–Crippen MR) is 318 cm³/mol. The van der Waals surface area contributed by atoms with E-state index in [1.54, 1.807) is 48.5 Å². The Labute approximate surface area is 517 Å². The fourth-order valence-corrected chi connectivity index (χ4v) is 10.4. The van der Waals surface area contributed by atoms with Crippen LogP contribution >= 0.6 is 0 Å². The molecular formula is C66H69CaF2N5O10. The van der Waals surface area contributed by atoms with Gasteiger partial charge >= 0.3 is 37.7 Å². The summed E-state index contributed by atoms with van der Waals surface area (Å²) < 4.78 is 32.0. The number of benzene rings is 6. The summed E-state index contributed by atoms with van der Waals surface area (Å²) in [5, 5.41) is 69.6. The van der Waals surface area contributed by atoms with E-state index in [0.29, 0.717) is 61.8 Å². The topological polar surface area (TPSA) is 255 Å². The van der Waals surface area contributed by atoms with Gasteiger partial charge in [0.2, 0.25) is 0 Å². The number of nitrogens with zero attached hydrogens (tertiary/aromatic N) is 2. The molecule has 15 nitrogen and oxygen atoms in total. The molecule has 2 heterocycles. The molecule has 1 unspecified atom stereocenters. The molecule has 8 N–H and O–H groups in total. The number of rotatable bonds is 24. The van der Waals surface area contributed by atoms with Crippen LogP contribution in [0.15, 0.2) is 170 Å². The van der Waals surface area contributed by atoms with Crippen molar-refractivity contribution in [3.63, 3.8) is 0 Å². The maximum Gasteiger partial charge on any atom is 2.00 e. The quantitative estimate of drug-likeness (QED) is 0.0282. The summed E-state index contributed by atoms with van der Waals surface area (Å²) >= 11 is 0. The standard InChI is InChI=1S/C33H36FN3O5.C33H35FN2O5.Ca/c1-20(2)30-28(32(40)36-24-11-7-4-8-12-24)27(21-9-5-3-6-10-21)31(22-13-15-23(34)16-14-22)37(30)18-17-25(38)19-26(39)29(35)33(41)42;1-21(2)31-30(33(41)35-25-11-7-4-8-12-25)29(22-9-5-3-6-10-22)32(23-13-15-24(34)16-14-23)36(31)18-17-26(37)19-27(38)20-28(39)40;/h3-16,20,25-26,29,38-39H,17-19,35H2,1-2H3,(H,36,40)(H,41,42);3-16,21,26-27,37-38H,17-20H2,1-2H3,(H,35,41)(H,39,40);/q;;+2/p-2/t25-,26-,29?;26-,27-;/m11./s1. The smallest absolute Gasteiger partial charge is 0.550 e. The molecular weight excluding hydrogens is 1100 g/mol. The summed E-state index contributed by atoms with van der Waals surface area (Å²) in [5.41, 5.74) is 14.8. The van der Waals surface area contributed by atoms with Crippen molar-refractivity contribution in [1.29, 1.82) is 0 Å². The van der Waals surface area contributed by atoms with E-state index >= 15 is 0 Å². The third-order valence-electron chi connectivity index (χ3n) is 14.1. The molecule has 0 radical (unpaired) electrons. The van der Waals surface area contributed by atoms with E-state index < -0.39 is 60.5 Å². The van der Waals surface area contributed by atoms with Crippen LogP contribution in [0.1, 0.15) is 104 Å². The number of anilines is 2. The van der Waals surface area contributed by atoms with Gasteiger partial charge in [0.15, 0.2) is 0 Å². The zero-order valence-corrected chi connectivity index (χ0v) is 49.5. The zero-order valence-electron chi connectivity index (χ0n) is 47.3. The number of nitrogens with two attached hydrogens (primary N) is 1. The van der Waals surface area contributed by atoms with E-state index in [0.717, 1.165) is 16.8 Å². The fourth-order valence-electron chi connectivity index (χ4n) is 10.4. The number of carboxylic acid groups (broad SMARTS) is 2. The number of hydrogen-bond acceptors (Lipinski definition) is 11. The summed E-state index contributed by atoms with van der Waals surface area (Å²) in [4.78, 5) is 50.0. The first kappa shape index (κ1) is 65.8. The monoisotopic (exact) mass is 1170 g/mol. The number of aliphatic hydroxyl groups excluding tert-OH is 4. The molecule has 6 aromatic carbocycles. The summed E-state index contributed by atoms with van der Waals surface area (Å²) in [5.74, 6) is -4.68. The van der Waals surface area contributed by atoms with Gasteiger partial charge in [-0.15, -0.1) is 0 Å². The van der Waals surface area contributed by atoms with Crippen LogP contribution in [0.2, 0.25) is 0 Å². The number of nitrogens with one attached hydrogen (secondary N) is 2. The first-order valence-corrected chi connectivity index (χ1v) is 27.5. The molecule has 8 rings (SSSR count). The number of carbonyl (C=O) groups is 4. The van der Waals surface area contributed by atoms with Gasteiger partial charge in [0.1, 0.15) is 11.6 Å². The molecule has 0 bridgehead atoms. The van der Waals surface area contributed by atoms with Crippen LogP contribution in [0.25, 0.3) is 44.8 Å². The molecule has 0 saturated heterocycles. The van der Waals surface area contributed by atoms with Crippen molar-refractivity contribution in [3.8, 4) is 44.8 Å². The molecule has 8 aromatic rings. The van der Waals surface area contributed by atoms with Crippen molar-refractivity contribution in [2.24, 2.45) is 5.73 Å². The van der Waals surface area contributed by atoms with Gasteiger partial charge in [0.05, 0.1) is 58.9 Å². The van der Waals surface area contributed by atoms with Crippen molar-refractivity contribution in [2.45, 2.75) is 115 Å². The Balaban J connectivity index is 0.000000266. The van der Waals surface area contributed by atoms with Crippen LogP contribution in [0.5, 0.6) is 0 Å². The van der Waals surface area contributed by atoms with Gasteiger partial charge in [-0.1, -0.05) is 125 Å². The minimum atomic E-state index is -1.63. The Morgan fingerprint density at radius 1 is 0.500 bits per heavy atom. The Kier molecular flexibility index (Phi) is 24.3. The first-order chi connectivity index (χ1) is 39.7. The van der Waals surface area contributed by atoms with Crippen LogP contribution in [0.4, 0.5) is 20.2 Å². The number of aliphatic hydroxyl groups is 4. The number of halogens is 2. The van der Waals surface area contributed by atoms with Crippen LogP contribution in [-0.4, -0.2) is 122 Å². The average molecular weight is 1170 g/mol. The van der Waals surface area contributed by atoms with E-state index in [2.05, 4.69) is 10.6 Å². The van der Waals surface area contributed by atoms with Gasteiger partial charge in [-0.05, 0) is 126 Å². The van der Waals surface area contributed by atoms with Crippen LogP contribution in [0.3, 0.4) is 0 Å². The fraction of sp³-hybridized carbons (Fsp3) is 0.273. The number of aliphatic carboxylic acids is 2. The van der Waals surface area contributed by atoms with Crippen molar-refractivity contribution >= 4 is 72.9 Å². The minimum absolute atomic E-state index is 0. The number of carboxylic acids is 2. The van der Waals surface area contributed by atoms with Gasteiger partial charge in [-0.2, -0.15) is 0 Å². The summed E-state index contributed by atoms with van der Waals surface area (Å²) in [6, 6.07) is 47.6. The predicted octanol–water partition coefficient (Wildman–Crippen LogP) is 8.51. The number of para-hydroxylation sites is 2. The maximum absolute atomic E-state index is 14.1. The molecule has 0 spiro atoms. The third kappa shape index (κ3) is 16.9. The van der Waals surface area contributed by atoms with Gasteiger partial charge in [-0.3, -0.25) is 9.59 Å². The molecule has 2 aromatic heterocycles. The number of hydrogen-bond donors (Lipinski definition) is 7. The molecule has 0 saturated carbocycles. The molecule has 0 fully saturated rings. The summed E-state index contributed by atoms with van der Waals surface area (Å²) in [6.07, 6.45) is -5.52. The van der Waals surface area contributed by atoms with Gasteiger partial charge in [-0.25, -0.2) is 8.78 Å². The van der Waals surface area contributed by atoms with E-state index in [1.807, 2.05) is 134 Å². The average Bonchev–Trinajstić information content (AvgIpc) is 1.81.